The first-order chi connectivity index (χ1) is 17.3. The zero-order valence-corrected chi connectivity index (χ0v) is 22.1. The molecule has 200 valence electrons. The van der Waals surface area contributed by atoms with Crippen LogP contribution in [0.4, 0.5) is 10.5 Å². The molecular formula is C25H31ClN4O6S. The standard InChI is InChI=1S/C25H30N4O6S.ClH/c1-34-21-8-4-18(5-9-21)16-36-22-12-23(24(30)27-11-10-19(26)13-27)28(14-22)25(31)35-15-17-2-6-20(7-3-17)29(32)33;/h2-9,19,22-23H,10-16,26H2,1H3;1H/t19-,22+,23+;/m1./s1. The zero-order valence-electron chi connectivity index (χ0n) is 20.5. The average Bonchev–Trinajstić information content (AvgIpc) is 3.52. The summed E-state index contributed by atoms with van der Waals surface area (Å²) in [5.41, 5.74) is 7.74. The van der Waals surface area contributed by atoms with Crippen molar-refractivity contribution in [2.24, 2.45) is 5.73 Å². The number of benzene rings is 2. The minimum absolute atomic E-state index is 0. The zero-order chi connectivity index (χ0) is 25.7. The van der Waals surface area contributed by atoms with Crippen LogP contribution in [0.5, 0.6) is 5.75 Å². The van der Waals surface area contributed by atoms with Crippen molar-refractivity contribution in [2.45, 2.75) is 42.5 Å². The quantitative estimate of drug-likeness (QED) is 0.390. The molecule has 10 nitrogen and oxygen atoms in total. The molecule has 4 rings (SSSR count). The third kappa shape index (κ3) is 7.27. The summed E-state index contributed by atoms with van der Waals surface area (Å²) >= 11 is 1.71. The fourth-order valence-electron chi connectivity index (χ4n) is 4.43. The van der Waals surface area contributed by atoms with Crippen LogP contribution in [0.2, 0.25) is 0 Å². The number of hydrogen-bond acceptors (Lipinski definition) is 8. The molecular weight excluding hydrogens is 520 g/mol. The highest BCUT2D eigenvalue weighted by Gasteiger charge is 2.43. The Morgan fingerprint density at radius 1 is 1.11 bits per heavy atom. The van der Waals surface area contributed by atoms with E-state index in [0.29, 0.717) is 31.6 Å². The van der Waals surface area contributed by atoms with Crippen LogP contribution in [0.15, 0.2) is 48.5 Å². The summed E-state index contributed by atoms with van der Waals surface area (Å²) in [6.07, 6.45) is 0.722. The second-order valence-corrected chi connectivity index (χ2v) is 10.3. The highest BCUT2D eigenvalue weighted by atomic mass is 35.5. The fourth-order valence-corrected chi connectivity index (χ4v) is 5.63. The predicted molar refractivity (Wildman–Crippen MR) is 143 cm³/mol. The van der Waals surface area contributed by atoms with Gasteiger partial charge in [-0.1, -0.05) is 12.1 Å². The topological polar surface area (TPSA) is 128 Å². The number of thioether (sulfide) groups is 1. The van der Waals surface area contributed by atoms with Crippen LogP contribution in [0.3, 0.4) is 0 Å². The van der Waals surface area contributed by atoms with E-state index >= 15 is 0 Å². The molecule has 0 aliphatic carbocycles. The van der Waals surface area contributed by atoms with Crippen molar-refractivity contribution >= 4 is 41.9 Å². The van der Waals surface area contributed by atoms with Gasteiger partial charge in [0.15, 0.2) is 0 Å². The lowest BCUT2D eigenvalue weighted by atomic mass is 10.2. The Hall–Kier alpha value is -3.02. The third-order valence-corrected chi connectivity index (χ3v) is 7.79. The molecule has 0 saturated carbocycles. The van der Waals surface area contributed by atoms with Crippen LogP contribution < -0.4 is 10.5 Å². The Kier molecular flexibility index (Phi) is 10.0. The van der Waals surface area contributed by atoms with E-state index in [2.05, 4.69) is 0 Å². The number of halogens is 1. The van der Waals surface area contributed by atoms with Crippen molar-refractivity contribution < 1.29 is 24.0 Å². The van der Waals surface area contributed by atoms with Crippen molar-refractivity contribution in [3.8, 4) is 5.75 Å². The molecule has 2 amide bonds. The van der Waals surface area contributed by atoms with Crippen LogP contribution >= 0.6 is 24.2 Å². The van der Waals surface area contributed by atoms with Crippen LogP contribution in [0, 0.1) is 10.1 Å². The first-order valence-corrected chi connectivity index (χ1v) is 12.8. The molecule has 0 bridgehead atoms. The van der Waals surface area contributed by atoms with E-state index in [-0.39, 0.29) is 41.9 Å². The number of carbonyl (C=O) groups excluding carboxylic acids is 2. The Morgan fingerprint density at radius 3 is 2.38 bits per heavy atom. The monoisotopic (exact) mass is 550 g/mol. The number of nitro groups is 1. The van der Waals surface area contributed by atoms with Gasteiger partial charge in [0.25, 0.3) is 5.69 Å². The number of carbonyl (C=O) groups is 2. The molecule has 2 aliphatic rings. The Balaban J connectivity index is 0.00000380. The van der Waals surface area contributed by atoms with Crippen LogP contribution in [-0.4, -0.2) is 70.8 Å². The average molecular weight is 551 g/mol. The number of hydrogen-bond donors (Lipinski definition) is 1. The van der Waals surface area contributed by atoms with Gasteiger partial charge in [0.05, 0.1) is 12.0 Å². The Labute approximate surface area is 226 Å². The van der Waals surface area contributed by atoms with E-state index in [0.717, 1.165) is 23.5 Å². The number of likely N-dealkylation sites (tertiary alicyclic amines) is 2. The lowest BCUT2D eigenvalue weighted by Gasteiger charge is -2.27. The summed E-state index contributed by atoms with van der Waals surface area (Å²) in [6.45, 7) is 1.44. The minimum atomic E-state index is -0.604. The molecule has 2 N–H and O–H groups in total. The second kappa shape index (κ2) is 13.0. The van der Waals surface area contributed by atoms with Gasteiger partial charge in [-0.25, -0.2) is 4.79 Å². The maximum atomic E-state index is 13.3. The maximum absolute atomic E-state index is 13.3. The molecule has 0 aromatic heterocycles. The summed E-state index contributed by atoms with van der Waals surface area (Å²) in [5.74, 6) is 1.44. The van der Waals surface area contributed by atoms with Gasteiger partial charge in [-0.15, -0.1) is 12.4 Å². The van der Waals surface area contributed by atoms with E-state index in [4.69, 9.17) is 15.2 Å². The fraction of sp³-hybridized carbons (Fsp3) is 0.440. The molecule has 3 atom stereocenters. The molecule has 2 aromatic rings. The third-order valence-electron chi connectivity index (χ3n) is 6.47. The molecule has 37 heavy (non-hydrogen) atoms. The first-order valence-electron chi connectivity index (χ1n) is 11.8. The highest BCUT2D eigenvalue weighted by molar-refractivity contribution is 7.99. The van der Waals surface area contributed by atoms with Crippen LogP contribution in [-0.2, 0) is 21.9 Å². The molecule has 2 saturated heterocycles. The van der Waals surface area contributed by atoms with Gasteiger partial charge in [-0.2, -0.15) is 11.8 Å². The molecule has 2 aromatic carbocycles. The normalized spacial score (nSPS) is 20.9. The molecule has 2 heterocycles. The summed E-state index contributed by atoms with van der Waals surface area (Å²) in [7, 11) is 1.63. The van der Waals surface area contributed by atoms with E-state index in [9.17, 15) is 19.7 Å². The lowest BCUT2D eigenvalue weighted by Crippen LogP contribution is -2.47. The number of rotatable bonds is 8. The largest absolute Gasteiger partial charge is 0.497 e. The van der Waals surface area contributed by atoms with Gasteiger partial charge in [0.1, 0.15) is 18.4 Å². The van der Waals surface area contributed by atoms with Crippen molar-refractivity contribution in [1.82, 2.24) is 9.80 Å². The van der Waals surface area contributed by atoms with Crippen molar-refractivity contribution in [2.75, 3.05) is 26.7 Å². The van der Waals surface area contributed by atoms with Gasteiger partial charge in [0.2, 0.25) is 5.91 Å². The molecule has 0 spiro atoms. The first kappa shape index (κ1) is 28.5. The molecule has 2 fully saturated rings. The summed E-state index contributed by atoms with van der Waals surface area (Å²) in [6, 6.07) is 13.0. The number of nitrogens with zero attached hydrogens (tertiary/aromatic N) is 3. The second-order valence-electron chi connectivity index (χ2n) is 9.00. The number of ether oxygens (including phenoxy) is 2. The van der Waals surface area contributed by atoms with Crippen molar-refractivity contribution in [3.63, 3.8) is 0 Å². The minimum Gasteiger partial charge on any atom is -0.497 e. The molecule has 0 radical (unpaired) electrons. The SMILES string of the molecule is COc1ccc(CS[C@H]2C[C@@H](C(=O)N3CC[C@@H](N)C3)N(C(=O)OCc3ccc([N+](=O)[O-])cc3)C2)cc1.Cl. The molecule has 12 heteroatoms. The predicted octanol–water partition coefficient (Wildman–Crippen LogP) is 3.60. The van der Waals surface area contributed by atoms with Gasteiger partial charge < -0.3 is 20.1 Å². The number of nitro benzene ring substituents is 1. The summed E-state index contributed by atoms with van der Waals surface area (Å²) in [5, 5.41) is 10.9. The highest BCUT2D eigenvalue weighted by Crippen LogP contribution is 2.32. The van der Waals surface area contributed by atoms with Crippen LogP contribution in [0.1, 0.15) is 24.0 Å². The smallest absolute Gasteiger partial charge is 0.410 e. The lowest BCUT2D eigenvalue weighted by molar-refractivity contribution is -0.384. The summed E-state index contributed by atoms with van der Waals surface area (Å²) in [4.78, 5) is 40.0. The van der Waals surface area contributed by atoms with E-state index in [1.54, 1.807) is 35.9 Å². The van der Waals surface area contributed by atoms with Gasteiger partial charge in [-0.3, -0.25) is 19.8 Å². The number of methoxy groups -OCH3 is 1. The van der Waals surface area contributed by atoms with Gasteiger partial charge in [0, 0.05) is 48.8 Å². The van der Waals surface area contributed by atoms with E-state index in [1.165, 1.54) is 17.0 Å². The summed E-state index contributed by atoms with van der Waals surface area (Å²) < 4.78 is 10.7. The maximum Gasteiger partial charge on any atom is 0.410 e. The number of nitrogens with two attached hydrogens (primary N) is 1. The Morgan fingerprint density at radius 2 is 1.78 bits per heavy atom. The van der Waals surface area contributed by atoms with Gasteiger partial charge in [-0.05, 0) is 48.2 Å². The van der Waals surface area contributed by atoms with E-state index in [1.807, 2.05) is 24.3 Å². The Bertz CT molecular complexity index is 1090. The number of amides is 2. The van der Waals surface area contributed by atoms with Crippen LogP contribution in [0.25, 0.3) is 0 Å². The molecule has 0 unspecified atom stereocenters. The van der Waals surface area contributed by atoms with E-state index < -0.39 is 17.1 Å². The molecule has 2 aliphatic heterocycles. The number of non-ortho nitro benzene ring substituents is 1. The van der Waals surface area contributed by atoms with Crippen molar-refractivity contribution in [3.05, 3.63) is 69.8 Å². The van der Waals surface area contributed by atoms with Crippen molar-refractivity contribution in [1.29, 1.82) is 0 Å². The van der Waals surface area contributed by atoms with Gasteiger partial charge >= 0.3 is 6.09 Å².